The van der Waals surface area contributed by atoms with E-state index in [1.807, 2.05) is 0 Å². The van der Waals surface area contributed by atoms with Gasteiger partial charge in [0.25, 0.3) is 0 Å². The van der Waals surface area contributed by atoms with Crippen molar-refractivity contribution in [2.24, 2.45) is 0 Å². The second kappa shape index (κ2) is 1.60. The van der Waals surface area contributed by atoms with Crippen LogP contribution in [0.4, 0.5) is 0 Å². The minimum Gasteiger partial charge on any atom is -0.0620 e. The highest BCUT2D eigenvalue weighted by atomic mass is 14.2. The van der Waals surface area contributed by atoms with Gasteiger partial charge in [-0.15, -0.1) is 0 Å². The Hall–Kier alpha value is -0.780. The lowest BCUT2D eigenvalue weighted by Gasteiger charge is -2.25. The summed E-state index contributed by atoms with van der Waals surface area (Å²) in [5.41, 5.74) is 2.93. The van der Waals surface area contributed by atoms with Crippen LogP contribution < -0.4 is 0 Å². The standard InChI is InChI=1S/C9H9/c1-7-6-8-4-2-3-5-9(7)8/h2-5,7H,1,6H2. The Morgan fingerprint density at radius 3 is 2.67 bits per heavy atom. The van der Waals surface area contributed by atoms with Crippen molar-refractivity contribution < 1.29 is 0 Å². The summed E-state index contributed by atoms with van der Waals surface area (Å²) < 4.78 is 0. The van der Waals surface area contributed by atoms with E-state index in [1.165, 1.54) is 17.5 Å². The Kier molecular flexibility index (Phi) is 0.895. The lowest BCUT2D eigenvalue weighted by molar-refractivity contribution is 0.728. The average Bonchev–Trinajstić information content (AvgIpc) is 1.86. The first-order valence-electron chi connectivity index (χ1n) is 3.29. The zero-order valence-electron chi connectivity index (χ0n) is 5.30. The maximum absolute atomic E-state index is 3.99. The predicted octanol–water partition coefficient (Wildman–Crippen LogP) is 2.16. The van der Waals surface area contributed by atoms with Crippen LogP contribution in [0.1, 0.15) is 17.0 Å². The highest BCUT2D eigenvalue weighted by Crippen LogP contribution is 2.33. The van der Waals surface area contributed by atoms with Gasteiger partial charge < -0.3 is 0 Å². The van der Waals surface area contributed by atoms with E-state index < -0.39 is 0 Å². The molecule has 2 rings (SSSR count). The van der Waals surface area contributed by atoms with Crippen molar-refractivity contribution >= 4 is 0 Å². The van der Waals surface area contributed by atoms with Crippen LogP contribution in [0.25, 0.3) is 0 Å². The highest BCUT2D eigenvalue weighted by molar-refractivity contribution is 5.40. The molecule has 1 radical (unpaired) electrons. The molecule has 0 heteroatoms. The lowest BCUT2D eigenvalue weighted by Crippen LogP contribution is -2.12. The molecule has 0 nitrogen and oxygen atoms in total. The van der Waals surface area contributed by atoms with Crippen molar-refractivity contribution in [3.05, 3.63) is 42.3 Å². The molecule has 0 aromatic heterocycles. The van der Waals surface area contributed by atoms with E-state index in [0.717, 1.165) is 0 Å². The largest absolute Gasteiger partial charge is 0.0620 e. The molecule has 1 unspecified atom stereocenters. The molecule has 0 fully saturated rings. The molecule has 0 aliphatic heterocycles. The van der Waals surface area contributed by atoms with Crippen LogP contribution in [0, 0.1) is 6.92 Å². The van der Waals surface area contributed by atoms with Crippen LogP contribution in [0.5, 0.6) is 0 Å². The fourth-order valence-corrected chi connectivity index (χ4v) is 1.36. The van der Waals surface area contributed by atoms with Crippen LogP contribution in [-0.2, 0) is 6.42 Å². The van der Waals surface area contributed by atoms with Crippen LogP contribution in [0.3, 0.4) is 0 Å². The van der Waals surface area contributed by atoms with Gasteiger partial charge in [0.2, 0.25) is 0 Å². The molecule has 1 aromatic carbocycles. The number of hydrogen-bond acceptors (Lipinski definition) is 0. The molecular formula is C9H9. The number of hydrogen-bond donors (Lipinski definition) is 0. The van der Waals surface area contributed by atoms with Crippen molar-refractivity contribution in [2.75, 3.05) is 0 Å². The van der Waals surface area contributed by atoms with Gasteiger partial charge in [-0.25, -0.2) is 0 Å². The van der Waals surface area contributed by atoms with Crippen LogP contribution in [0.2, 0.25) is 0 Å². The van der Waals surface area contributed by atoms with Gasteiger partial charge in [0, 0.05) is 0 Å². The zero-order valence-corrected chi connectivity index (χ0v) is 5.30. The van der Waals surface area contributed by atoms with E-state index in [9.17, 15) is 0 Å². The van der Waals surface area contributed by atoms with Gasteiger partial charge >= 0.3 is 0 Å². The Labute approximate surface area is 55.5 Å². The molecule has 9 heavy (non-hydrogen) atoms. The molecule has 0 saturated heterocycles. The first-order valence-corrected chi connectivity index (χ1v) is 3.29. The maximum atomic E-state index is 3.99. The van der Waals surface area contributed by atoms with E-state index in [2.05, 4.69) is 31.2 Å². The summed E-state index contributed by atoms with van der Waals surface area (Å²) in [6.45, 7) is 3.99. The van der Waals surface area contributed by atoms with Gasteiger partial charge in [0.1, 0.15) is 0 Å². The zero-order chi connectivity index (χ0) is 6.27. The van der Waals surface area contributed by atoms with Crippen LogP contribution >= 0.6 is 0 Å². The van der Waals surface area contributed by atoms with Crippen LogP contribution in [0.15, 0.2) is 24.3 Å². The molecule has 45 valence electrons. The van der Waals surface area contributed by atoms with Gasteiger partial charge in [-0.2, -0.15) is 0 Å². The molecule has 1 aliphatic carbocycles. The first kappa shape index (κ1) is 5.04. The molecule has 1 aromatic rings. The Morgan fingerprint density at radius 1 is 1.33 bits per heavy atom. The normalized spacial score (nSPS) is 22.6. The van der Waals surface area contributed by atoms with Gasteiger partial charge in [-0.1, -0.05) is 24.3 Å². The van der Waals surface area contributed by atoms with Gasteiger partial charge in [0.15, 0.2) is 0 Å². The third-order valence-electron chi connectivity index (χ3n) is 1.96. The molecular weight excluding hydrogens is 108 g/mol. The molecule has 0 saturated carbocycles. The summed E-state index contributed by atoms with van der Waals surface area (Å²) in [6, 6.07) is 8.51. The van der Waals surface area contributed by atoms with E-state index in [1.54, 1.807) is 0 Å². The van der Waals surface area contributed by atoms with Crippen molar-refractivity contribution in [1.82, 2.24) is 0 Å². The number of benzene rings is 1. The molecule has 0 amide bonds. The molecule has 1 aliphatic rings. The summed E-state index contributed by atoms with van der Waals surface area (Å²) in [4.78, 5) is 0. The smallest absolute Gasteiger partial charge is 0.0118 e. The van der Waals surface area contributed by atoms with Gasteiger partial charge in [0.05, 0.1) is 0 Å². The quantitative estimate of drug-likeness (QED) is 0.488. The number of rotatable bonds is 0. The Bertz CT molecular complexity index is 225. The lowest BCUT2D eigenvalue weighted by atomic mass is 9.79. The topological polar surface area (TPSA) is 0 Å². The first-order chi connectivity index (χ1) is 4.38. The summed E-state index contributed by atoms with van der Waals surface area (Å²) >= 11 is 0. The van der Waals surface area contributed by atoms with E-state index in [-0.39, 0.29) is 0 Å². The fourth-order valence-electron chi connectivity index (χ4n) is 1.36. The second-order valence-corrected chi connectivity index (χ2v) is 2.60. The summed E-state index contributed by atoms with van der Waals surface area (Å²) in [5.74, 6) is 0.571. The van der Waals surface area contributed by atoms with Crippen LogP contribution in [-0.4, -0.2) is 0 Å². The van der Waals surface area contributed by atoms with Gasteiger partial charge in [-0.3, -0.25) is 0 Å². The Balaban J connectivity index is 2.51. The minimum absolute atomic E-state index is 0.571. The predicted molar refractivity (Wildman–Crippen MR) is 38.2 cm³/mol. The summed E-state index contributed by atoms with van der Waals surface area (Å²) in [7, 11) is 0. The summed E-state index contributed by atoms with van der Waals surface area (Å²) in [5, 5.41) is 0. The second-order valence-electron chi connectivity index (χ2n) is 2.60. The fraction of sp³-hybridized carbons (Fsp3) is 0.222. The SMILES string of the molecule is [CH2]C1Cc2ccccc21. The molecule has 1 atom stereocenters. The van der Waals surface area contributed by atoms with Crippen molar-refractivity contribution in [1.29, 1.82) is 0 Å². The van der Waals surface area contributed by atoms with Gasteiger partial charge in [-0.05, 0) is 30.4 Å². The highest BCUT2D eigenvalue weighted by Gasteiger charge is 2.19. The van der Waals surface area contributed by atoms with E-state index in [0.29, 0.717) is 5.92 Å². The minimum atomic E-state index is 0.571. The average molecular weight is 117 g/mol. The maximum Gasteiger partial charge on any atom is -0.0118 e. The molecule has 0 heterocycles. The van der Waals surface area contributed by atoms with E-state index in [4.69, 9.17) is 0 Å². The monoisotopic (exact) mass is 117 g/mol. The summed E-state index contributed by atoms with van der Waals surface area (Å²) in [6.07, 6.45) is 1.18. The molecule has 0 bridgehead atoms. The molecule has 0 spiro atoms. The van der Waals surface area contributed by atoms with Crippen molar-refractivity contribution in [3.8, 4) is 0 Å². The third-order valence-corrected chi connectivity index (χ3v) is 1.96. The van der Waals surface area contributed by atoms with Crippen molar-refractivity contribution in [2.45, 2.75) is 12.3 Å². The molecule has 0 N–H and O–H groups in total. The van der Waals surface area contributed by atoms with Crippen molar-refractivity contribution in [3.63, 3.8) is 0 Å². The Morgan fingerprint density at radius 2 is 2.11 bits per heavy atom. The van der Waals surface area contributed by atoms with E-state index >= 15 is 0 Å². The third kappa shape index (κ3) is 0.593. The number of fused-ring (bicyclic) bond motifs is 1.